The zero-order valence-electron chi connectivity index (χ0n) is 7.33. The third kappa shape index (κ3) is 1.30. The van der Waals surface area contributed by atoms with Crippen molar-refractivity contribution >= 4 is 11.1 Å². The molecule has 0 aliphatic rings. The van der Waals surface area contributed by atoms with Crippen LogP contribution in [0.25, 0.3) is 11.1 Å². The van der Waals surface area contributed by atoms with Crippen LogP contribution in [0.2, 0.25) is 0 Å². The number of hydrogen-bond acceptors (Lipinski definition) is 3. The topological polar surface area (TPSA) is 35.3 Å². The molecular weight excluding hydrogens is 192 g/mol. The molecule has 2 aromatic rings. The van der Waals surface area contributed by atoms with E-state index in [9.17, 15) is 8.78 Å². The van der Waals surface area contributed by atoms with Crippen LogP contribution in [0.1, 0.15) is 12.0 Å². The number of halogens is 2. The Morgan fingerprint density at radius 2 is 2.21 bits per heavy atom. The van der Waals surface area contributed by atoms with Gasteiger partial charge in [-0.25, -0.2) is 8.78 Å². The highest BCUT2D eigenvalue weighted by Gasteiger charge is 2.16. The predicted molar refractivity (Wildman–Crippen MR) is 45.5 cm³/mol. The lowest BCUT2D eigenvalue weighted by Crippen LogP contribution is -1.86. The number of methoxy groups -OCH3 is 1. The summed E-state index contributed by atoms with van der Waals surface area (Å²) in [6.07, 6.45) is -2.57. The number of aromatic nitrogens is 1. The van der Waals surface area contributed by atoms with E-state index in [-0.39, 0.29) is 17.2 Å². The minimum absolute atomic E-state index is 0.00639. The summed E-state index contributed by atoms with van der Waals surface area (Å²) in [7, 11) is 1.37. The molecule has 0 aliphatic heterocycles. The van der Waals surface area contributed by atoms with Crippen molar-refractivity contribution < 1.29 is 17.9 Å². The van der Waals surface area contributed by atoms with Crippen LogP contribution in [-0.2, 0) is 0 Å². The summed E-state index contributed by atoms with van der Waals surface area (Å²) in [5, 5.41) is 0. The molecule has 0 amide bonds. The van der Waals surface area contributed by atoms with E-state index in [4.69, 9.17) is 9.15 Å². The SMILES string of the molecule is COc1nc2c(C(F)F)cccc2o1. The van der Waals surface area contributed by atoms with E-state index in [2.05, 4.69) is 4.98 Å². The van der Waals surface area contributed by atoms with E-state index in [0.29, 0.717) is 5.58 Å². The number of alkyl halides is 2. The number of nitrogens with zero attached hydrogens (tertiary/aromatic N) is 1. The van der Waals surface area contributed by atoms with E-state index in [1.165, 1.54) is 19.2 Å². The van der Waals surface area contributed by atoms with Crippen molar-refractivity contribution in [1.82, 2.24) is 4.98 Å². The van der Waals surface area contributed by atoms with Crippen molar-refractivity contribution in [2.24, 2.45) is 0 Å². The molecule has 0 unspecified atom stereocenters. The molecule has 0 atom stereocenters. The number of benzene rings is 1. The Hall–Kier alpha value is -1.65. The third-order valence-corrected chi connectivity index (χ3v) is 1.84. The van der Waals surface area contributed by atoms with Crippen LogP contribution >= 0.6 is 0 Å². The Morgan fingerprint density at radius 1 is 1.43 bits per heavy atom. The molecule has 1 aromatic carbocycles. The second kappa shape index (κ2) is 3.25. The van der Waals surface area contributed by atoms with Gasteiger partial charge in [0.15, 0.2) is 5.58 Å². The van der Waals surface area contributed by atoms with Gasteiger partial charge < -0.3 is 9.15 Å². The van der Waals surface area contributed by atoms with Gasteiger partial charge in [0, 0.05) is 5.56 Å². The average molecular weight is 199 g/mol. The average Bonchev–Trinajstić information content (AvgIpc) is 2.59. The van der Waals surface area contributed by atoms with E-state index in [1.54, 1.807) is 6.07 Å². The number of oxazole rings is 1. The minimum Gasteiger partial charge on any atom is -0.453 e. The Morgan fingerprint density at radius 3 is 2.86 bits per heavy atom. The first-order chi connectivity index (χ1) is 6.72. The van der Waals surface area contributed by atoms with Gasteiger partial charge in [-0.05, 0) is 6.07 Å². The highest BCUT2D eigenvalue weighted by atomic mass is 19.3. The van der Waals surface area contributed by atoms with Gasteiger partial charge in [-0.2, -0.15) is 4.98 Å². The quantitative estimate of drug-likeness (QED) is 0.745. The van der Waals surface area contributed by atoms with Gasteiger partial charge in [0.25, 0.3) is 6.43 Å². The van der Waals surface area contributed by atoms with Gasteiger partial charge in [0.05, 0.1) is 7.11 Å². The number of fused-ring (bicyclic) bond motifs is 1. The van der Waals surface area contributed by atoms with Crippen molar-refractivity contribution in [2.75, 3.05) is 7.11 Å². The lowest BCUT2D eigenvalue weighted by Gasteiger charge is -1.97. The summed E-state index contributed by atoms with van der Waals surface area (Å²) in [4.78, 5) is 3.78. The highest BCUT2D eigenvalue weighted by molar-refractivity contribution is 5.77. The second-order valence-electron chi connectivity index (χ2n) is 2.68. The molecule has 0 N–H and O–H groups in total. The van der Waals surface area contributed by atoms with Crippen molar-refractivity contribution in [3.8, 4) is 6.08 Å². The van der Waals surface area contributed by atoms with Gasteiger partial charge >= 0.3 is 6.08 Å². The van der Waals surface area contributed by atoms with Crippen LogP contribution in [-0.4, -0.2) is 12.1 Å². The fraction of sp³-hybridized carbons (Fsp3) is 0.222. The number of para-hydroxylation sites is 1. The highest BCUT2D eigenvalue weighted by Crippen LogP contribution is 2.29. The number of hydrogen-bond donors (Lipinski definition) is 0. The molecule has 1 heterocycles. The molecule has 0 aliphatic carbocycles. The zero-order valence-corrected chi connectivity index (χ0v) is 7.33. The van der Waals surface area contributed by atoms with Gasteiger partial charge in [-0.3, -0.25) is 0 Å². The summed E-state index contributed by atoms with van der Waals surface area (Å²) >= 11 is 0. The summed E-state index contributed by atoms with van der Waals surface area (Å²) < 4.78 is 34.7. The lowest BCUT2D eigenvalue weighted by molar-refractivity contribution is 0.153. The number of ether oxygens (including phenoxy) is 1. The Kier molecular flexibility index (Phi) is 2.07. The largest absolute Gasteiger partial charge is 0.453 e. The van der Waals surface area contributed by atoms with Gasteiger partial charge in [0.1, 0.15) is 5.52 Å². The maximum absolute atomic E-state index is 12.5. The van der Waals surface area contributed by atoms with Gasteiger partial charge in [-0.1, -0.05) is 12.1 Å². The van der Waals surface area contributed by atoms with Crippen LogP contribution in [0.3, 0.4) is 0 Å². The van der Waals surface area contributed by atoms with Crippen molar-refractivity contribution in [3.05, 3.63) is 23.8 Å². The molecule has 0 radical (unpaired) electrons. The van der Waals surface area contributed by atoms with E-state index in [1.807, 2.05) is 0 Å². The Bertz CT molecular complexity index is 453. The first-order valence-corrected chi connectivity index (χ1v) is 3.94. The smallest absolute Gasteiger partial charge is 0.394 e. The molecule has 74 valence electrons. The van der Waals surface area contributed by atoms with Crippen molar-refractivity contribution in [3.63, 3.8) is 0 Å². The van der Waals surface area contributed by atoms with Crippen LogP contribution in [0.5, 0.6) is 6.08 Å². The first kappa shape index (κ1) is 8.93. The monoisotopic (exact) mass is 199 g/mol. The zero-order chi connectivity index (χ0) is 10.1. The maximum Gasteiger partial charge on any atom is 0.394 e. The summed E-state index contributed by atoms with van der Waals surface area (Å²) in [5.74, 6) is 0. The van der Waals surface area contributed by atoms with Crippen molar-refractivity contribution in [1.29, 1.82) is 0 Å². The molecule has 5 heteroatoms. The van der Waals surface area contributed by atoms with E-state index < -0.39 is 6.43 Å². The number of rotatable bonds is 2. The lowest BCUT2D eigenvalue weighted by atomic mass is 10.2. The fourth-order valence-electron chi connectivity index (χ4n) is 1.21. The van der Waals surface area contributed by atoms with Gasteiger partial charge in [0.2, 0.25) is 0 Å². The van der Waals surface area contributed by atoms with Crippen LogP contribution < -0.4 is 4.74 Å². The predicted octanol–water partition coefficient (Wildman–Crippen LogP) is 2.77. The maximum atomic E-state index is 12.5. The molecular formula is C9H7F2NO2. The molecule has 3 nitrogen and oxygen atoms in total. The molecule has 0 fully saturated rings. The minimum atomic E-state index is -2.56. The second-order valence-corrected chi connectivity index (χ2v) is 2.68. The van der Waals surface area contributed by atoms with Gasteiger partial charge in [-0.15, -0.1) is 0 Å². The molecule has 0 saturated heterocycles. The Labute approximate surface area is 78.3 Å². The Balaban J connectivity index is 2.66. The molecule has 0 bridgehead atoms. The molecule has 14 heavy (non-hydrogen) atoms. The van der Waals surface area contributed by atoms with Crippen LogP contribution in [0.4, 0.5) is 8.78 Å². The molecule has 0 spiro atoms. The van der Waals surface area contributed by atoms with Crippen molar-refractivity contribution in [2.45, 2.75) is 6.43 Å². The van der Waals surface area contributed by atoms with Crippen LogP contribution in [0.15, 0.2) is 22.6 Å². The summed E-state index contributed by atoms with van der Waals surface area (Å²) in [6.45, 7) is 0. The normalized spacial score (nSPS) is 11.1. The first-order valence-electron chi connectivity index (χ1n) is 3.94. The summed E-state index contributed by atoms with van der Waals surface area (Å²) in [5.41, 5.74) is 0.313. The summed E-state index contributed by atoms with van der Waals surface area (Å²) in [6, 6.07) is 4.38. The van der Waals surface area contributed by atoms with E-state index in [0.717, 1.165) is 0 Å². The standard InChI is InChI=1S/C9H7F2NO2/c1-13-9-12-7-5(8(10)11)3-2-4-6(7)14-9/h2-4,8H,1H3. The third-order valence-electron chi connectivity index (χ3n) is 1.84. The fourth-order valence-corrected chi connectivity index (χ4v) is 1.21. The molecule has 0 saturated carbocycles. The van der Waals surface area contributed by atoms with E-state index >= 15 is 0 Å². The molecule has 1 aromatic heterocycles. The molecule has 2 rings (SSSR count). The van der Waals surface area contributed by atoms with Crippen LogP contribution in [0, 0.1) is 0 Å².